The SMILES string of the molecule is CCNC(=NCc1cc(C)ccc1OC(F)F)NCC(C)c1c(C)noc1C. The highest BCUT2D eigenvalue weighted by molar-refractivity contribution is 5.79. The first-order valence-corrected chi connectivity index (χ1v) is 9.31. The summed E-state index contributed by atoms with van der Waals surface area (Å²) >= 11 is 0. The Labute approximate surface area is 164 Å². The Morgan fingerprint density at radius 1 is 1.25 bits per heavy atom. The lowest BCUT2D eigenvalue weighted by atomic mass is 10.00. The number of nitrogens with zero attached hydrogens (tertiary/aromatic N) is 2. The second kappa shape index (κ2) is 10.1. The van der Waals surface area contributed by atoms with E-state index in [0.29, 0.717) is 24.6 Å². The summed E-state index contributed by atoms with van der Waals surface area (Å²) < 4.78 is 35.1. The van der Waals surface area contributed by atoms with Gasteiger partial charge in [-0.2, -0.15) is 8.78 Å². The number of rotatable bonds is 8. The highest BCUT2D eigenvalue weighted by atomic mass is 19.3. The molecule has 0 bridgehead atoms. The van der Waals surface area contributed by atoms with Crippen LogP contribution in [0.25, 0.3) is 0 Å². The average Bonchev–Trinajstić information content (AvgIpc) is 2.97. The smallest absolute Gasteiger partial charge is 0.387 e. The monoisotopic (exact) mass is 394 g/mol. The molecule has 2 aromatic rings. The lowest BCUT2D eigenvalue weighted by molar-refractivity contribution is -0.0504. The van der Waals surface area contributed by atoms with Crippen LogP contribution in [0, 0.1) is 20.8 Å². The van der Waals surface area contributed by atoms with E-state index in [-0.39, 0.29) is 18.2 Å². The minimum absolute atomic E-state index is 0.143. The van der Waals surface area contributed by atoms with Crippen LogP contribution in [0.15, 0.2) is 27.7 Å². The maximum absolute atomic E-state index is 12.6. The molecule has 0 radical (unpaired) electrons. The molecule has 2 rings (SSSR count). The molecule has 0 amide bonds. The summed E-state index contributed by atoms with van der Waals surface area (Å²) in [7, 11) is 0. The molecule has 0 spiro atoms. The number of aryl methyl sites for hydroxylation is 3. The van der Waals surface area contributed by atoms with E-state index in [4.69, 9.17) is 4.52 Å². The van der Waals surface area contributed by atoms with Crippen molar-refractivity contribution in [2.24, 2.45) is 4.99 Å². The highest BCUT2D eigenvalue weighted by Gasteiger charge is 2.17. The van der Waals surface area contributed by atoms with Crippen molar-refractivity contribution >= 4 is 5.96 Å². The van der Waals surface area contributed by atoms with Crippen molar-refractivity contribution in [1.82, 2.24) is 15.8 Å². The predicted molar refractivity (Wildman–Crippen MR) is 105 cm³/mol. The van der Waals surface area contributed by atoms with E-state index >= 15 is 0 Å². The molecule has 0 saturated carbocycles. The van der Waals surface area contributed by atoms with Crippen molar-refractivity contribution < 1.29 is 18.0 Å². The molecule has 1 unspecified atom stereocenters. The maximum Gasteiger partial charge on any atom is 0.387 e. The average molecular weight is 394 g/mol. The van der Waals surface area contributed by atoms with Crippen molar-refractivity contribution in [3.63, 3.8) is 0 Å². The quantitative estimate of drug-likeness (QED) is 0.522. The van der Waals surface area contributed by atoms with E-state index in [2.05, 4.69) is 32.4 Å². The first kappa shape index (κ1) is 21.7. The summed E-state index contributed by atoms with van der Waals surface area (Å²) in [5.74, 6) is 1.73. The molecule has 6 nitrogen and oxygen atoms in total. The van der Waals surface area contributed by atoms with Crippen molar-refractivity contribution in [3.8, 4) is 5.75 Å². The Hall–Kier alpha value is -2.64. The van der Waals surface area contributed by atoms with E-state index in [1.807, 2.05) is 27.7 Å². The molecule has 1 heterocycles. The Bertz CT molecular complexity index is 786. The van der Waals surface area contributed by atoms with Crippen molar-refractivity contribution in [3.05, 3.63) is 46.3 Å². The third-order valence-corrected chi connectivity index (χ3v) is 4.34. The third kappa shape index (κ3) is 5.94. The molecule has 1 aromatic heterocycles. The van der Waals surface area contributed by atoms with Crippen LogP contribution in [0.4, 0.5) is 8.78 Å². The molecule has 0 fully saturated rings. The number of aromatic nitrogens is 1. The second-order valence-electron chi connectivity index (χ2n) is 6.70. The van der Waals surface area contributed by atoms with Gasteiger partial charge in [0.2, 0.25) is 0 Å². The topological polar surface area (TPSA) is 71.7 Å². The number of alkyl halides is 2. The van der Waals surface area contributed by atoms with Gasteiger partial charge in [0.05, 0.1) is 12.2 Å². The molecule has 1 atom stereocenters. The van der Waals surface area contributed by atoms with E-state index in [0.717, 1.165) is 22.6 Å². The Morgan fingerprint density at radius 2 is 2.00 bits per heavy atom. The fraction of sp³-hybridized carbons (Fsp3) is 0.500. The van der Waals surface area contributed by atoms with Gasteiger partial charge in [0, 0.05) is 30.1 Å². The third-order valence-electron chi connectivity index (χ3n) is 4.34. The summed E-state index contributed by atoms with van der Waals surface area (Å²) in [5.41, 5.74) is 3.52. The Kier molecular flexibility index (Phi) is 7.78. The maximum atomic E-state index is 12.6. The number of guanidine groups is 1. The molecular weight excluding hydrogens is 366 g/mol. The zero-order chi connectivity index (χ0) is 20.7. The number of hydrogen-bond acceptors (Lipinski definition) is 4. The van der Waals surface area contributed by atoms with Gasteiger partial charge in [0.25, 0.3) is 0 Å². The van der Waals surface area contributed by atoms with E-state index in [9.17, 15) is 8.78 Å². The first-order chi connectivity index (χ1) is 13.3. The number of aliphatic imine (C=N–C) groups is 1. The highest BCUT2D eigenvalue weighted by Crippen LogP contribution is 2.24. The Balaban J connectivity index is 2.09. The summed E-state index contributed by atoms with van der Waals surface area (Å²) in [6.07, 6.45) is 0. The van der Waals surface area contributed by atoms with Crippen molar-refractivity contribution in [2.45, 2.75) is 53.7 Å². The van der Waals surface area contributed by atoms with E-state index < -0.39 is 6.61 Å². The zero-order valence-corrected chi connectivity index (χ0v) is 17.0. The number of benzene rings is 1. The molecule has 28 heavy (non-hydrogen) atoms. The van der Waals surface area contributed by atoms with Crippen LogP contribution in [0.2, 0.25) is 0 Å². The van der Waals surface area contributed by atoms with Gasteiger partial charge >= 0.3 is 6.61 Å². The fourth-order valence-corrected chi connectivity index (χ4v) is 3.09. The van der Waals surface area contributed by atoms with Crippen LogP contribution >= 0.6 is 0 Å². The van der Waals surface area contributed by atoms with Gasteiger partial charge in [-0.05, 0) is 33.8 Å². The predicted octanol–water partition coefficient (Wildman–Crippen LogP) is 4.06. The minimum Gasteiger partial charge on any atom is -0.434 e. The van der Waals surface area contributed by atoms with Gasteiger partial charge in [-0.25, -0.2) is 4.99 Å². The van der Waals surface area contributed by atoms with Gasteiger partial charge in [0.15, 0.2) is 5.96 Å². The fourth-order valence-electron chi connectivity index (χ4n) is 3.09. The van der Waals surface area contributed by atoms with Gasteiger partial charge < -0.3 is 19.9 Å². The molecule has 0 aliphatic rings. The van der Waals surface area contributed by atoms with Crippen LogP contribution in [-0.4, -0.2) is 30.8 Å². The van der Waals surface area contributed by atoms with Gasteiger partial charge in [-0.3, -0.25) is 0 Å². The van der Waals surface area contributed by atoms with Crippen LogP contribution in [0.3, 0.4) is 0 Å². The summed E-state index contributed by atoms with van der Waals surface area (Å²) in [6.45, 7) is 8.42. The number of nitrogens with one attached hydrogen (secondary N) is 2. The Morgan fingerprint density at radius 3 is 2.61 bits per heavy atom. The second-order valence-corrected chi connectivity index (χ2v) is 6.70. The molecule has 0 saturated heterocycles. The van der Waals surface area contributed by atoms with Crippen LogP contribution in [0.5, 0.6) is 5.75 Å². The zero-order valence-electron chi connectivity index (χ0n) is 17.0. The molecule has 1 aromatic carbocycles. The molecule has 0 aliphatic heterocycles. The van der Waals surface area contributed by atoms with Crippen molar-refractivity contribution in [2.75, 3.05) is 13.1 Å². The van der Waals surface area contributed by atoms with Gasteiger partial charge in [-0.15, -0.1) is 0 Å². The van der Waals surface area contributed by atoms with Crippen molar-refractivity contribution in [1.29, 1.82) is 0 Å². The molecule has 0 aliphatic carbocycles. The van der Waals surface area contributed by atoms with E-state index in [1.54, 1.807) is 18.2 Å². The number of halogens is 2. The summed E-state index contributed by atoms with van der Waals surface area (Å²) in [5, 5.41) is 10.5. The normalized spacial score (nSPS) is 12.9. The number of hydrogen-bond donors (Lipinski definition) is 2. The molecule has 2 N–H and O–H groups in total. The molecule has 8 heteroatoms. The number of ether oxygens (including phenoxy) is 1. The minimum atomic E-state index is -2.87. The molecular formula is C20H28F2N4O2. The standard InChI is InChI=1S/C20H28F2N4O2/c1-6-23-20(24-10-13(3)18-14(4)26-28-15(18)5)25-11-16-9-12(2)7-8-17(16)27-19(21)22/h7-9,13,19H,6,10-11H2,1-5H3,(H2,23,24,25). The van der Waals surface area contributed by atoms with Crippen LogP contribution in [0.1, 0.15) is 47.9 Å². The van der Waals surface area contributed by atoms with E-state index in [1.165, 1.54) is 0 Å². The van der Waals surface area contributed by atoms with Gasteiger partial charge in [0.1, 0.15) is 11.5 Å². The van der Waals surface area contributed by atoms with Crippen LogP contribution < -0.4 is 15.4 Å². The summed E-state index contributed by atoms with van der Waals surface area (Å²) in [6, 6.07) is 5.09. The largest absolute Gasteiger partial charge is 0.434 e. The molecule has 154 valence electrons. The lowest BCUT2D eigenvalue weighted by Gasteiger charge is -2.16. The lowest BCUT2D eigenvalue weighted by Crippen LogP contribution is -2.39. The summed E-state index contributed by atoms with van der Waals surface area (Å²) in [4.78, 5) is 4.52. The first-order valence-electron chi connectivity index (χ1n) is 9.31. The van der Waals surface area contributed by atoms with Crippen LogP contribution in [-0.2, 0) is 6.54 Å². The van der Waals surface area contributed by atoms with Gasteiger partial charge in [-0.1, -0.05) is 29.8 Å².